The Hall–Kier alpha value is -3.21. The number of aromatic nitrogens is 2. The van der Waals surface area contributed by atoms with E-state index in [2.05, 4.69) is 71.6 Å². The molecule has 10 heteroatoms. The van der Waals surface area contributed by atoms with Crippen LogP contribution in [0, 0.1) is 6.92 Å². The number of sulfonamides is 1. The number of fused-ring (bicyclic) bond motifs is 2. The molecule has 212 valence electrons. The number of hydrogen-bond acceptors (Lipinski definition) is 8. The van der Waals surface area contributed by atoms with Crippen LogP contribution in [0.1, 0.15) is 29.7 Å². The average molecular weight is 563 g/mol. The van der Waals surface area contributed by atoms with Gasteiger partial charge in [-0.3, -0.25) is 0 Å². The van der Waals surface area contributed by atoms with Gasteiger partial charge in [0.05, 0.1) is 12.2 Å². The van der Waals surface area contributed by atoms with E-state index in [1.54, 1.807) is 0 Å². The van der Waals surface area contributed by atoms with Crippen molar-refractivity contribution in [1.29, 1.82) is 0 Å². The lowest BCUT2D eigenvalue weighted by molar-refractivity contribution is 0.187. The fourth-order valence-electron chi connectivity index (χ4n) is 6.31. The minimum atomic E-state index is -3.43. The first-order valence-electron chi connectivity index (χ1n) is 14.2. The second-order valence-electron chi connectivity index (χ2n) is 11.1. The largest absolute Gasteiger partial charge is 0.462 e. The van der Waals surface area contributed by atoms with Gasteiger partial charge in [-0.2, -0.15) is 14.3 Å². The molecule has 0 spiro atoms. The van der Waals surface area contributed by atoms with Gasteiger partial charge in [-0.05, 0) is 56.8 Å². The van der Waals surface area contributed by atoms with Gasteiger partial charge in [0, 0.05) is 60.8 Å². The van der Waals surface area contributed by atoms with Crippen molar-refractivity contribution in [1.82, 2.24) is 19.2 Å². The number of ether oxygens (including phenoxy) is 1. The molecule has 0 bridgehead atoms. The lowest BCUT2D eigenvalue weighted by Gasteiger charge is -2.37. The summed E-state index contributed by atoms with van der Waals surface area (Å²) < 4.78 is 32.4. The Morgan fingerprint density at radius 3 is 2.52 bits per heavy atom. The number of nitrogens with zero attached hydrogens (tertiary/aromatic N) is 6. The van der Waals surface area contributed by atoms with E-state index in [0.717, 1.165) is 48.4 Å². The molecule has 0 radical (unpaired) electrons. The second-order valence-corrected chi connectivity index (χ2v) is 12.9. The maximum absolute atomic E-state index is 12.3. The lowest BCUT2D eigenvalue weighted by Crippen LogP contribution is -2.49. The minimum absolute atomic E-state index is 0.367. The predicted octanol–water partition coefficient (Wildman–Crippen LogP) is 3.57. The maximum atomic E-state index is 12.3. The van der Waals surface area contributed by atoms with Gasteiger partial charge in [-0.1, -0.05) is 36.9 Å². The average Bonchev–Trinajstić information content (AvgIpc) is 3.39. The molecule has 40 heavy (non-hydrogen) atoms. The first kappa shape index (κ1) is 27.0. The highest BCUT2D eigenvalue weighted by Crippen LogP contribution is 2.35. The van der Waals surface area contributed by atoms with Crippen molar-refractivity contribution >= 4 is 32.3 Å². The fourth-order valence-corrected chi connectivity index (χ4v) is 7.19. The highest BCUT2D eigenvalue weighted by atomic mass is 32.2. The number of aryl methyl sites for hydroxylation is 1. The highest BCUT2D eigenvalue weighted by molar-refractivity contribution is 7.92. The molecular formula is C30H38N6O3S. The molecule has 2 saturated heterocycles. The van der Waals surface area contributed by atoms with E-state index in [-0.39, 0.29) is 0 Å². The van der Waals surface area contributed by atoms with Gasteiger partial charge in [0.2, 0.25) is 10.0 Å². The predicted molar refractivity (Wildman–Crippen MR) is 160 cm³/mol. The van der Waals surface area contributed by atoms with E-state index < -0.39 is 10.0 Å². The molecule has 6 rings (SSSR count). The number of benzene rings is 2. The van der Waals surface area contributed by atoms with Gasteiger partial charge >= 0.3 is 6.01 Å². The van der Waals surface area contributed by atoms with E-state index in [4.69, 9.17) is 14.7 Å². The van der Waals surface area contributed by atoms with Crippen LogP contribution in [-0.4, -0.2) is 86.6 Å². The molecule has 9 nitrogen and oxygen atoms in total. The molecule has 2 aromatic carbocycles. The Labute approximate surface area is 237 Å². The van der Waals surface area contributed by atoms with Gasteiger partial charge in [-0.15, -0.1) is 0 Å². The molecule has 3 aliphatic heterocycles. The van der Waals surface area contributed by atoms with Crippen molar-refractivity contribution in [3.8, 4) is 6.01 Å². The maximum Gasteiger partial charge on any atom is 0.318 e. The fraction of sp³-hybridized carbons (Fsp3) is 0.467. The third-order valence-corrected chi connectivity index (χ3v) is 10.1. The molecule has 1 aromatic heterocycles. The van der Waals surface area contributed by atoms with Crippen LogP contribution in [0.4, 0.5) is 11.5 Å². The summed E-state index contributed by atoms with van der Waals surface area (Å²) in [4.78, 5) is 16.8. The third kappa shape index (κ3) is 5.15. The van der Waals surface area contributed by atoms with Crippen LogP contribution in [-0.2, 0) is 23.0 Å². The van der Waals surface area contributed by atoms with Crippen LogP contribution in [0.2, 0.25) is 0 Å². The Balaban J connectivity index is 1.31. The van der Waals surface area contributed by atoms with Crippen LogP contribution in [0.15, 0.2) is 48.4 Å². The Morgan fingerprint density at radius 2 is 1.80 bits per heavy atom. The summed E-state index contributed by atoms with van der Waals surface area (Å²) in [6, 6.07) is 13.7. The number of piperazine rings is 1. The quantitative estimate of drug-likeness (QED) is 0.432. The number of rotatable bonds is 7. The number of likely N-dealkylation sites (N-methyl/N-ethyl adjacent to an activating group) is 1. The third-order valence-electron chi connectivity index (χ3n) is 8.64. The molecule has 0 amide bonds. The van der Waals surface area contributed by atoms with Gasteiger partial charge in [0.25, 0.3) is 0 Å². The summed E-state index contributed by atoms with van der Waals surface area (Å²) in [5.41, 5.74) is 4.61. The summed E-state index contributed by atoms with van der Waals surface area (Å²) in [6.45, 7) is 10.7. The smallest absolute Gasteiger partial charge is 0.318 e. The highest BCUT2D eigenvalue weighted by Gasteiger charge is 2.31. The van der Waals surface area contributed by atoms with Crippen molar-refractivity contribution in [2.24, 2.45) is 0 Å². The zero-order valence-electron chi connectivity index (χ0n) is 23.4. The number of anilines is 2. The molecular weight excluding hydrogens is 524 g/mol. The molecule has 1 atom stereocenters. The molecule has 0 saturated carbocycles. The summed E-state index contributed by atoms with van der Waals surface area (Å²) in [5.74, 6) is 0.879. The van der Waals surface area contributed by atoms with E-state index >= 15 is 0 Å². The Bertz CT molecular complexity index is 1510. The number of hydrogen-bond donors (Lipinski definition) is 0. The monoisotopic (exact) mass is 562 g/mol. The molecule has 0 unspecified atom stereocenters. The molecule has 0 N–H and O–H groups in total. The Kier molecular flexibility index (Phi) is 7.41. The zero-order chi connectivity index (χ0) is 27.9. The van der Waals surface area contributed by atoms with Crippen LogP contribution in [0.25, 0.3) is 10.8 Å². The molecule has 3 aromatic rings. The first-order valence-corrected chi connectivity index (χ1v) is 15.7. The van der Waals surface area contributed by atoms with E-state index in [1.807, 2.05) is 0 Å². The zero-order valence-corrected chi connectivity index (χ0v) is 24.2. The van der Waals surface area contributed by atoms with Crippen molar-refractivity contribution in [3.05, 3.63) is 65.2 Å². The normalized spacial score (nSPS) is 20.6. The van der Waals surface area contributed by atoms with Crippen molar-refractivity contribution < 1.29 is 13.2 Å². The molecule has 2 fully saturated rings. The van der Waals surface area contributed by atoms with E-state index in [9.17, 15) is 8.42 Å². The molecule has 4 heterocycles. The van der Waals surface area contributed by atoms with Crippen LogP contribution in [0.3, 0.4) is 0 Å². The summed E-state index contributed by atoms with van der Waals surface area (Å²) in [6.07, 6.45) is 3.10. The van der Waals surface area contributed by atoms with Crippen molar-refractivity contribution in [2.45, 2.75) is 38.8 Å². The van der Waals surface area contributed by atoms with Gasteiger partial charge in [0.1, 0.15) is 12.4 Å². The second kappa shape index (κ2) is 11.0. The van der Waals surface area contributed by atoms with E-state index in [1.165, 1.54) is 32.7 Å². The molecule has 0 aliphatic carbocycles. The van der Waals surface area contributed by atoms with Crippen LogP contribution >= 0.6 is 0 Å². The summed E-state index contributed by atoms with van der Waals surface area (Å²) in [7, 11) is -1.29. The van der Waals surface area contributed by atoms with Crippen LogP contribution < -0.4 is 14.5 Å². The lowest BCUT2D eigenvalue weighted by atomic mass is 9.99. The first-order chi connectivity index (χ1) is 19.3. The van der Waals surface area contributed by atoms with Crippen molar-refractivity contribution in [2.75, 3.05) is 62.7 Å². The van der Waals surface area contributed by atoms with E-state index in [0.29, 0.717) is 51.4 Å². The van der Waals surface area contributed by atoms with Gasteiger partial charge < -0.3 is 19.4 Å². The SMILES string of the molecule is C=CS(=O)(=O)N1CCN(c2nc(OC[C@@H]3CCCN3C)nc3c2CCN(c2cccc4cccc(C)c24)C3)CC1. The summed E-state index contributed by atoms with van der Waals surface area (Å²) in [5, 5.41) is 3.55. The summed E-state index contributed by atoms with van der Waals surface area (Å²) >= 11 is 0. The van der Waals surface area contributed by atoms with Gasteiger partial charge in [-0.25, -0.2) is 8.42 Å². The Morgan fingerprint density at radius 1 is 1.02 bits per heavy atom. The standard InChI is InChI=1S/C30H38N6O3S/c1-4-40(37,38)36-18-16-34(17-19-36)29-25-13-15-35(27-12-6-10-23-9-5-8-22(2)28(23)27)20-26(25)31-30(32-29)39-21-24-11-7-14-33(24)3/h4-6,8-10,12,24H,1,7,11,13-21H2,2-3H3/t24-/m0/s1. The van der Waals surface area contributed by atoms with Gasteiger partial charge in [0.15, 0.2) is 0 Å². The molecule has 3 aliphatic rings. The van der Waals surface area contributed by atoms with Crippen LogP contribution in [0.5, 0.6) is 6.01 Å². The van der Waals surface area contributed by atoms with Crippen molar-refractivity contribution in [3.63, 3.8) is 0 Å². The minimum Gasteiger partial charge on any atom is -0.462 e. The number of likely N-dealkylation sites (tertiary alicyclic amines) is 1. The topological polar surface area (TPSA) is 82.1 Å².